The molecule has 1 aromatic heterocycles. The minimum absolute atomic E-state index is 0.0626. The number of carbonyl (C=O) groups is 2. The third-order valence-electron chi connectivity index (χ3n) is 6.88. The second kappa shape index (κ2) is 10.4. The number of carbonyl (C=O) groups excluding carboxylic acids is 2. The summed E-state index contributed by atoms with van der Waals surface area (Å²) >= 11 is 0. The van der Waals surface area contributed by atoms with Crippen LogP contribution >= 0.6 is 0 Å². The molecule has 8 heteroatoms. The molecule has 0 bridgehead atoms. The van der Waals surface area contributed by atoms with Gasteiger partial charge in [-0.15, -0.1) is 0 Å². The lowest BCUT2D eigenvalue weighted by Crippen LogP contribution is -2.43. The Morgan fingerprint density at radius 1 is 1.06 bits per heavy atom. The first-order valence-corrected chi connectivity index (χ1v) is 12.1. The van der Waals surface area contributed by atoms with Crippen molar-refractivity contribution in [1.29, 1.82) is 0 Å². The minimum Gasteiger partial charge on any atom is -0.365 e. The summed E-state index contributed by atoms with van der Waals surface area (Å²) < 4.78 is 21.1. The van der Waals surface area contributed by atoms with E-state index in [-0.39, 0.29) is 36.3 Å². The van der Waals surface area contributed by atoms with Crippen LogP contribution in [0.1, 0.15) is 46.3 Å². The fourth-order valence-electron chi connectivity index (χ4n) is 4.80. The highest BCUT2D eigenvalue weighted by Gasteiger charge is 2.32. The Kier molecular flexibility index (Phi) is 6.90. The van der Waals surface area contributed by atoms with Crippen molar-refractivity contribution in [2.75, 3.05) is 19.6 Å². The molecule has 1 atom stereocenters. The van der Waals surface area contributed by atoms with Gasteiger partial charge in [0.25, 0.3) is 5.91 Å². The van der Waals surface area contributed by atoms with Crippen LogP contribution in [0.2, 0.25) is 0 Å². The number of hydrogen-bond donors (Lipinski definition) is 1. The van der Waals surface area contributed by atoms with Crippen LogP contribution in [-0.2, 0) is 29.1 Å². The molecular weight excluding hydrogens is 447 g/mol. The maximum atomic E-state index is 13.2. The molecule has 2 aliphatic heterocycles. The number of benzene rings is 2. The number of hydrogen-bond acceptors (Lipinski definition) is 4. The highest BCUT2D eigenvalue weighted by atomic mass is 19.1. The van der Waals surface area contributed by atoms with Crippen LogP contribution in [0.25, 0.3) is 0 Å². The molecule has 35 heavy (non-hydrogen) atoms. The van der Waals surface area contributed by atoms with Crippen molar-refractivity contribution in [3.63, 3.8) is 0 Å². The Labute approximate surface area is 203 Å². The summed E-state index contributed by atoms with van der Waals surface area (Å²) in [7, 11) is 0. The first-order chi connectivity index (χ1) is 17.1. The van der Waals surface area contributed by atoms with Crippen LogP contribution in [0.4, 0.5) is 4.39 Å². The Bertz CT molecular complexity index is 1170. The maximum absolute atomic E-state index is 13.2. The second-order valence-corrected chi connectivity index (χ2v) is 9.14. The predicted molar refractivity (Wildman–Crippen MR) is 128 cm³/mol. The quantitative estimate of drug-likeness (QED) is 0.591. The van der Waals surface area contributed by atoms with Gasteiger partial charge in [0.05, 0.1) is 25.2 Å². The van der Waals surface area contributed by atoms with Crippen LogP contribution in [0, 0.1) is 11.7 Å². The van der Waals surface area contributed by atoms with E-state index in [1.165, 1.54) is 17.7 Å². The predicted octanol–water partition coefficient (Wildman–Crippen LogP) is 3.50. The average Bonchev–Trinajstić information content (AvgIpc) is 3.33. The van der Waals surface area contributed by atoms with Crippen LogP contribution in [-0.4, -0.2) is 45.9 Å². The zero-order valence-electron chi connectivity index (χ0n) is 19.5. The van der Waals surface area contributed by atoms with Gasteiger partial charge in [-0.1, -0.05) is 42.5 Å². The van der Waals surface area contributed by atoms with Crippen LogP contribution in [0.3, 0.4) is 0 Å². The molecule has 2 amide bonds. The van der Waals surface area contributed by atoms with Gasteiger partial charge in [-0.25, -0.2) is 9.37 Å². The van der Waals surface area contributed by atoms with Gasteiger partial charge in [0.15, 0.2) is 5.69 Å². The smallest absolute Gasteiger partial charge is 0.274 e. The van der Waals surface area contributed by atoms with Gasteiger partial charge in [0.2, 0.25) is 5.91 Å². The summed E-state index contributed by atoms with van der Waals surface area (Å²) in [5, 5.41) is 3.04. The van der Waals surface area contributed by atoms with E-state index in [2.05, 4.69) is 22.4 Å². The minimum atomic E-state index is -0.283. The van der Waals surface area contributed by atoms with Gasteiger partial charge in [-0.05, 0) is 42.5 Å². The summed E-state index contributed by atoms with van der Waals surface area (Å²) in [6.45, 7) is 2.46. The number of nitrogens with zero attached hydrogens (tertiary/aromatic N) is 3. The first-order valence-electron chi connectivity index (χ1n) is 12.1. The zero-order valence-corrected chi connectivity index (χ0v) is 19.5. The lowest BCUT2D eigenvalue weighted by atomic mass is 9.95. The number of likely N-dealkylation sites (tertiary alicyclic amines) is 1. The number of nitrogens with one attached hydrogen (secondary N) is 1. The topological polar surface area (TPSA) is 76.5 Å². The van der Waals surface area contributed by atoms with Crippen molar-refractivity contribution < 1.29 is 18.7 Å². The Morgan fingerprint density at radius 2 is 1.80 bits per heavy atom. The monoisotopic (exact) mass is 476 g/mol. The van der Waals surface area contributed by atoms with E-state index in [0.29, 0.717) is 44.7 Å². The number of amides is 2. The highest BCUT2D eigenvalue weighted by molar-refractivity contribution is 5.93. The summed E-state index contributed by atoms with van der Waals surface area (Å²) in [6, 6.07) is 16.4. The van der Waals surface area contributed by atoms with Crippen molar-refractivity contribution in [1.82, 2.24) is 19.8 Å². The second-order valence-electron chi connectivity index (χ2n) is 9.14. The molecule has 1 fully saturated rings. The highest BCUT2D eigenvalue weighted by Crippen LogP contribution is 2.29. The summed E-state index contributed by atoms with van der Waals surface area (Å²) in [6.07, 6.45) is 3.55. The van der Waals surface area contributed by atoms with E-state index in [9.17, 15) is 14.0 Å². The maximum Gasteiger partial charge on any atom is 0.274 e. The van der Waals surface area contributed by atoms with Gasteiger partial charge in [0, 0.05) is 25.6 Å². The molecule has 3 heterocycles. The Hall–Kier alpha value is -3.52. The number of ether oxygens (including phenoxy) is 1. The largest absolute Gasteiger partial charge is 0.365 e. The molecular formula is C27H29FN4O3. The Balaban J connectivity index is 1.13. The van der Waals surface area contributed by atoms with Gasteiger partial charge < -0.3 is 19.5 Å². The number of aromatic nitrogens is 2. The molecule has 1 saturated heterocycles. The fourth-order valence-corrected chi connectivity index (χ4v) is 4.80. The molecule has 0 unspecified atom stereocenters. The van der Waals surface area contributed by atoms with Crippen molar-refractivity contribution in [2.45, 2.75) is 38.5 Å². The standard InChI is InChI=1S/C27H29FN4O3/c28-22-8-6-20(7-9-22)24-16-32-18-30-25(23(32)17-35-24)27(34)31-14-11-21(12-15-31)26(33)29-13-10-19-4-2-1-3-5-19/h1-9,18,21,24H,10-17H2,(H,29,33)/t24-/m1/s1. The van der Waals surface area contributed by atoms with E-state index in [1.807, 2.05) is 22.8 Å². The SMILES string of the molecule is O=C(NCCc1ccccc1)C1CCN(C(=O)c2ncn3c2CO[C@@H](c2ccc(F)cc2)C3)CC1. The van der Waals surface area contributed by atoms with E-state index in [1.54, 1.807) is 23.4 Å². The molecule has 0 radical (unpaired) electrons. The lowest BCUT2D eigenvalue weighted by molar-refractivity contribution is -0.126. The fraction of sp³-hybridized carbons (Fsp3) is 0.370. The molecule has 7 nitrogen and oxygen atoms in total. The van der Waals surface area contributed by atoms with Gasteiger partial charge in [-0.2, -0.15) is 0 Å². The summed E-state index contributed by atoms with van der Waals surface area (Å²) in [5.74, 6) is -0.419. The molecule has 182 valence electrons. The number of halogens is 1. The lowest BCUT2D eigenvalue weighted by Gasteiger charge is -2.31. The van der Waals surface area contributed by atoms with Crippen LogP contribution in [0.15, 0.2) is 60.9 Å². The molecule has 1 N–H and O–H groups in total. The van der Waals surface area contributed by atoms with E-state index in [4.69, 9.17) is 4.74 Å². The van der Waals surface area contributed by atoms with Crippen LogP contribution in [0.5, 0.6) is 0 Å². The van der Waals surface area contributed by atoms with Crippen molar-refractivity contribution in [2.24, 2.45) is 5.92 Å². The molecule has 0 saturated carbocycles. The molecule has 3 aromatic rings. The van der Waals surface area contributed by atoms with Gasteiger partial charge >= 0.3 is 0 Å². The molecule has 2 aromatic carbocycles. The number of fused-ring (bicyclic) bond motifs is 1. The van der Waals surface area contributed by atoms with Crippen molar-refractivity contribution in [3.8, 4) is 0 Å². The van der Waals surface area contributed by atoms with Gasteiger partial charge in [0.1, 0.15) is 11.9 Å². The molecule has 0 spiro atoms. The van der Waals surface area contributed by atoms with Crippen molar-refractivity contribution in [3.05, 3.63) is 89.3 Å². The number of imidazole rings is 1. The third-order valence-corrected chi connectivity index (χ3v) is 6.88. The molecule has 0 aliphatic carbocycles. The number of piperidine rings is 1. The van der Waals surface area contributed by atoms with Crippen molar-refractivity contribution >= 4 is 11.8 Å². The average molecular weight is 477 g/mol. The van der Waals surface area contributed by atoms with E-state index in [0.717, 1.165) is 17.7 Å². The summed E-state index contributed by atoms with van der Waals surface area (Å²) in [4.78, 5) is 31.9. The zero-order chi connectivity index (χ0) is 24.2. The Morgan fingerprint density at radius 3 is 2.54 bits per heavy atom. The molecule has 5 rings (SSSR count). The third kappa shape index (κ3) is 5.27. The van der Waals surface area contributed by atoms with Crippen LogP contribution < -0.4 is 5.32 Å². The number of rotatable bonds is 6. The van der Waals surface area contributed by atoms with Gasteiger partial charge in [-0.3, -0.25) is 9.59 Å². The van der Waals surface area contributed by atoms with E-state index >= 15 is 0 Å². The normalized spacial score (nSPS) is 18.2. The summed E-state index contributed by atoms with van der Waals surface area (Å²) in [5.41, 5.74) is 3.26. The van der Waals surface area contributed by atoms with E-state index < -0.39 is 0 Å². The first kappa shape index (κ1) is 23.2. The molecule has 2 aliphatic rings.